The summed E-state index contributed by atoms with van der Waals surface area (Å²) < 4.78 is 5.22. The first kappa shape index (κ1) is 11.1. The molecule has 0 aromatic heterocycles. The quantitative estimate of drug-likeness (QED) is 0.645. The van der Waals surface area contributed by atoms with Crippen molar-refractivity contribution >= 4 is 17.3 Å². The molecule has 0 radical (unpaired) electrons. The predicted molar refractivity (Wildman–Crippen MR) is 56.4 cm³/mol. The van der Waals surface area contributed by atoms with Gasteiger partial charge in [-0.25, -0.2) is 0 Å². The van der Waals surface area contributed by atoms with E-state index in [1.807, 2.05) is 0 Å². The van der Waals surface area contributed by atoms with Gasteiger partial charge >= 0.3 is 0 Å². The smallest absolute Gasteiger partial charge is 0.121 e. The molecular weight excluding hydrogens is 204 g/mol. The monoisotopic (exact) mass is 216 g/mol. The van der Waals surface area contributed by atoms with Gasteiger partial charge in [0.05, 0.1) is 10.7 Å². The van der Waals surface area contributed by atoms with Gasteiger partial charge < -0.3 is 21.3 Å². The van der Waals surface area contributed by atoms with Gasteiger partial charge in [0, 0.05) is 12.6 Å². The van der Waals surface area contributed by atoms with E-state index in [0.29, 0.717) is 16.5 Å². The maximum Gasteiger partial charge on any atom is 0.121 e. The zero-order chi connectivity index (χ0) is 10.6. The van der Waals surface area contributed by atoms with Crippen LogP contribution in [-0.4, -0.2) is 24.4 Å². The molecule has 1 aromatic rings. The number of benzene rings is 1. The number of hydrogen-bond acceptors (Lipinski definition) is 4. The van der Waals surface area contributed by atoms with Crippen LogP contribution in [0.2, 0.25) is 5.02 Å². The first-order valence-electron chi connectivity index (χ1n) is 4.19. The van der Waals surface area contributed by atoms with Crippen molar-refractivity contribution in [2.24, 2.45) is 5.73 Å². The van der Waals surface area contributed by atoms with Crippen LogP contribution in [0.25, 0.3) is 0 Å². The van der Waals surface area contributed by atoms with Gasteiger partial charge in [-0.1, -0.05) is 11.6 Å². The molecule has 1 rings (SSSR count). The summed E-state index contributed by atoms with van der Waals surface area (Å²) in [4.78, 5) is 0. The normalized spacial score (nSPS) is 12.5. The molecule has 0 aliphatic heterocycles. The Morgan fingerprint density at radius 2 is 2.21 bits per heavy atom. The minimum Gasteiger partial charge on any atom is -0.491 e. The second kappa shape index (κ2) is 5.05. The van der Waals surface area contributed by atoms with Gasteiger partial charge in [0.2, 0.25) is 0 Å². The van der Waals surface area contributed by atoms with Crippen molar-refractivity contribution in [3.05, 3.63) is 23.2 Å². The van der Waals surface area contributed by atoms with Crippen molar-refractivity contribution in [1.82, 2.24) is 0 Å². The molecule has 0 fully saturated rings. The van der Waals surface area contributed by atoms with E-state index in [9.17, 15) is 0 Å². The van der Waals surface area contributed by atoms with Gasteiger partial charge in [0.25, 0.3) is 0 Å². The van der Waals surface area contributed by atoms with E-state index >= 15 is 0 Å². The summed E-state index contributed by atoms with van der Waals surface area (Å²) in [7, 11) is 0. The van der Waals surface area contributed by atoms with Crippen LogP contribution in [0.1, 0.15) is 0 Å². The number of nitrogen functional groups attached to an aromatic ring is 1. The Labute approximate surface area is 87.4 Å². The minimum atomic E-state index is -0.661. The molecule has 0 spiro atoms. The Morgan fingerprint density at radius 3 is 2.79 bits per heavy atom. The summed E-state index contributed by atoms with van der Waals surface area (Å²) in [6.45, 7) is 0.319. The van der Waals surface area contributed by atoms with Crippen molar-refractivity contribution in [2.75, 3.05) is 18.9 Å². The van der Waals surface area contributed by atoms with Gasteiger partial charge in [-0.3, -0.25) is 0 Å². The third-order valence-corrected chi connectivity index (χ3v) is 2.01. The van der Waals surface area contributed by atoms with E-state index in [0.717, 1.165) is 0 Å². The lowest BCUT2D eigenvalue weighted by Crippen LogP contribution is -2.26. The summed E-state index contributed by atoms with van der Waals surface area (Å²) in [6.07, 6.45) is -0.661. The van der Waals surface area contributed by atoms with Gasteiger partial charge in [-0.05, 0) is 12.1 Å². The average molecular weight is 217 g/mol. The molecule has 1 aromatic carbocycles. The van der Waals surface area contributed by atoms with Crippen LogP contribution in [0.15, 0.2) is 18.2 Å². The topological polar surface area (TPSA) is 81.5 Å². The number of aliphatic hydroxyl groups excluding tert-OH is 1. The number of rotatable bonds is 4. The molecule has 78 valence electrons. The fraction of sp³-hybridized carbons (Fsp3) is 0.333. The first-order chi connectivity index (χ1) is 6.63. The molecule has 1 unspecified atom stereocenters. The molecule has 0 heterocycles. The maximum atomic E-state index is 9.14. The minimum absolute atomic E-state index is 0.150. The number of aliphatic hydroxyl groups is 1. The Balaban J connectivity index is 2.55. The third-order valence-electron chi connectivity index (χ3n) is 1.69. The highest BCUT2D eigenvalue weighted by molar-refractivity contribution is 6.33. The van der Waals surface area contributed by atoms with Crippen LogP contribution >= 0.6 is 11.6 Å². The molecule has 0 saturated heterocycles. The largest absolute Gasteiger partial charge is 0.491 e. The Hall–Kier alpha value is -0.970. The van der Waals surface area contributed by atoms with Crippen molar-refractivity contribution in [2.45, 2.75) is 6.10 Å². The third kappa shape index (κ3) is 3.06. The van der Waals surface area contributed by atoms with Crippen LogP contribution in [0.3, 0.4) is 0 Å². The number of hydrogen-bond donors (Lipinski definition) is 3. The highest BCUT2D eigenvalue weighted by atomic mass is 35.5. The van der Waals surface area contributed by atoms with Crippen LogP contribution in [0.4, 0.5) is 5.69 Å². The number of ether oxygens (including phenoxy) is 1. The van der Waals surface area contributed by atoms with E-state index in [-0.39, 0.29) is 13.2 Å². The number of halogens is 1. The number of anilines is 1. The van der Waals surface area contributed by atoms with E-state index < -0.39 is 6.10 Å². The fourth-order valence-corrected chi connectivity index (χ4v) is 1.03. The lowest BCUT2D eigenvalue weighted by Gasteiger charge is -2.10. The predicted octanol–water partition coefficient (Wildman–Crippen LogP) is 0.621. The van der Waals surface area contributed by atoms with Crippen molar-refractivity contribution in [3.8, 4) is 5.75 Å². The summed E-state index contributed by atoms with van der Waals surface area (Å²) in [6, 6.07) is 4.93. The summed E-state index contributed by atoms with van der Waals surface area (Å²) >= 11 is 5.77. The van der Waals surface area contributed by atoms with Crippen LogP contribution < -0.4 is 16.2 Å². The highest BCUT2D eigenvalue weighted by Crippen LogP contribution is 2.23. The van der Waals surface area contributed by atoms with E-state index in [2.05, 4.69) is 0 Å². The summed E-state index contributed by atoms with van der Waals surface area (Å²) in [5, 5.41) is 9.57. The number of nitrogens with two attached hydrogens (primary N) is 2. The molecule has 0 saturated carbocycles. The van der Waals surface area contributed by atoms with Crippen LogP contribution in [0.5, 0.6) is 5.75 Å². The zero-order valence-electron chi connectivity index (χ0n) is 7.61. The Morgan fingerprint density at radius 1 is 1.50 bits per heavy atom. The zero-order valence-corrected chi connectivity index (χ0v) is 8.37. The molecule has 0 bridgehead atoms. The molecule has 5 heteroatoms. The molecule has 0 aliphatic carbocycles. The SMILES string of the molecule is NCC(O)COc1ccc(N)c(Cl)c1. The summed E-state index contributed by atoms with van der Waals surface area (Å²) in [5.41, 5.74) is 11.2. The molecule has 14 heavy (non-hydrogen) atoms. The molecular formula is C9H13ClN2O2. The first-order valence-corrected chi connectivity index (χ1v) is 4.57. The second-order valence-corrected chi connectivity index (χ2v) is 3.29. The Kier molecular flexibility index (Phi) is 4.00. The van der Waals surface area contributed by atoms with Crippen molar-refractivity contribution in [3.63, 3.8) is 0 Å². The van der Waals surface area contributed by atoms with E-state index in [1.165, 1.54) is 0 Å². The van der Waals surface area contributed by atoms with Crippen LogP contribution in [-0.2, 0) is 0 Å². The molecule has 5 N–H and O–H groups in total. The van der Waals surface area contributed by atoms with Crippen molar-refractivity contribution in [1.29, 1.82) is 0 Å². The maximum absolute atomic E-state index is 9.14. The average Bonchev–Trinajstić information content (AvgIpc) is 2.19. The van der Waals surface area contributed by atoms with Gasteiger partial charge in [0.15, 0.2) is 0 Å². The second-order valence-electron chi connectivity index (χ2n) is 2.88. The molecule has 4 nitrogen and oxygen atoms in total. The molecule has 0 aliphatic rings. The van der Waals surface area contributed by atoms with Crippen LogP contribution in [0, 0.1) is 0 Å². The van der Waals surface area contributed by atoms with Gasteiger partial charge in [0.1, 0.15) is 18.5 Å². The lowest BCUT2D eigenvalue weighted by molar-refractivity contribution is 0.114. The van der Waals surface area contributed by atoms with Gasteiger partial charge in [-0.2, -0.15) is 0 Å². The Bertz CT molecular complexity index is 307. The fourth-order valence-electron chi connectivity index (χ4n) is 0.858. The van der Waals surface area contributed by atoms with Crippen molar-refractivity contribution < 1.29 is 9.84 Å². The highest BCUT2D eigenvalue weighted by Gasteiger charge is 2.03. The lowest BCUT2D eigenvalue weighted by atomic mass is 10.3. The molecule has 0 amide bonds. The van der Waals surface area contributed by atoms with Gasteiger partial charge in [-0.15, -0.1) is 0 Å². The molecule has 1 atom stereocenters. The van der Waals surface area contributed by atoms with E-state index in [4.69, 9.17) is 32.9 Å². The summed E-state index contributed by atoms with van der Waals surface area (Å²) in [5.74, 6) is 0.566. The van der Waals surface area contributed by atoms with E-state index in [1.54, 1.807) is 18.2 Å². The standard InChI is InChI=1S/C9H13ClN2O2/c10-8-3-7(1-2-9(8)12)14-5-6(13)4-11/h1-3,6,13H,4-5,11-12H2.